The predicted molar refractivity (Wildman–Crippen MR) is 52.4 cm³/mol. The van der Waals surface area contributed by atoms with Crippen molar-refractivity contribution < 1.29 is 9.85 Å². The van der Waals surface area contributed by atoms with Crippen molar-refractivity contribution in [2.45, 2.75) is 0 Å². The lowest BCUT2D eigenvalue weighted by atomic mass is 10.2. The van der Waals surface area contributed by atoms with E-state index in [0.717, 1.165) is 6.07 Å². The monoisotopic (exact) mass is 212 g/mol. The zero-order valence-electron chi connectivity index (χ0n) is 7.54. The Morgan fingerprint density at radius 2 is 1.93 bits per heavy atom. The lowest BCUT2D eigenvalue weighted by Crippen LogP contribution is -2.12. The third kappa shape index (κ3) is 2.38. The zero-order chi connectivity index (χ0) is 11.4. The first-order valence-corrected chi connectivity index (χ1v) is 3.93. The molecule has 15 heavy (non-hydrogen) atoms. The van der Waals surface area contributed by atoms with Crippen LogP contribution in [0.4, 0.5) is 17.1 Å². The van der Waals surface area contributed by atoms with Crippen LogP contribution < -0.4 is 11.1 Å². The van der Waals surface area contributed by atoms with Gasteiger partial charge in [-0.25, -0.2) is 0 Å². The van der Waals surface area contributed by atoms with Gasteiger partial charge in [-0.15, -0.1) is 0 Å². The second-order valence-corrected chi connectivity index (χ2v) is 2.60. The van der Waals surface area contributed by atoms with E-state index in [9.17, 15) is 20.2 Å². The summed E-state index contributed by atoms with van der Waals surface area (Å²) in [6.45, 7) is 0.0126. The van der Waals surface area contributed by atoms with Crippen molar-refractivity contribution >= 4 is 17.1 Å². The molecule has 0 fully saturated rings. The molecule has 0 aromatic heterocycles. The molecule has 0 aliphatic carbocycles. The maximum atomic E-state index is 10.6. The second kappa shape index (κ2) is 4.33. The number of hydrogen-bond donors (Lipinski definition) is 2. The van der Waals surface area contributed by atoms with Crippen LogP contribution in [0.1, 0.15) is 0 Å². The van der Waals surface area contributed by atoms with Gasteiger partial charge in [-0.05, 0) is 6.07 Å². The summed E-state index contributed by atoms with van der Waals surface area (Å²) >= 11 is 0. The van der Waals surface area contributed by atoms with Crippen molar-refractivity contribution in [3.05, 3.63) is 38.4 Å². The van der Waals surface area contributed by atoms with Crippen molar-refractivity contribution in [2.24, 2.45) is 5.73 Å². The van der Waals surface area contributed by atoms with Crippen molar-refractivity contribution in [3.8, 4) is 0 Å². The van der Waals surface area contributed by atoms with Gasteiger partial charge in [0, 0.05) is 6.07 Å². The molecular weight excluding hydrogens is 204 g/mol. The topological polar surface area (TPSA) is 124 Å². The number of rotatable bonds is 4. The van der Waals surface area contributed by atoms with Crippen LogP contribution in [0.5, 0.6) is 0 Å². The van der Waals surface area contributed by atoms with Crippen molar-refractivity contribution in [2.75, 3.05) is 12.0 Å². The second-order valence-electron chi connectivity index (χ2n) is 2.60. The summed E-state index contributed by atoms with van der Waals surface area (Å²) in [5, 5.41) is 23.5. The molecule has 8 heteroatoms. The molecule has 0 bridgehead atoms. The van der Waals surface area contributed by atoms with E-state index in [1.165, 1.54) is 12.1 Å². The Balaban J connectivity index is 3.20. The van der Waals surface area contributed by atoms with Gasteiger partial charge in [0.05, 0.1) is 22.6 Å². The number of nitrogens with one attached hydrogen (secondary N) is 1. The fraction of sp³-hybridized carbons (Fsp3) is 0.143. The Kier molecular flexibility index (Phi) is 3.13. The number of non-ortho nitro benzene ring substituents is 1. The molecule has 1 aromatic rings. The molecule has 1 rings (SSSR count). The summed E-state index contributed by atoms with van der Waals surface area (Å²) in [4.78, 5) is 19.6. The van der Waals surface area contributed by atoms with Crippen LogP contribution in [0.3, 0.4) is 0 Å². The van der Waals surface area contributed by atoms with Crippen molar-refractivity contribution in [3.63, 3.8) is 0 Å². The molecule has 0 heterocycles. The van der Waals surface area contributed by atoms with Gasteiger partial charge in [-0.1, -0.05) is 0 Å². The molecule has 0 radical (unpaired) electrons. The molecule has 8 nitrogen and oxygen atoms in total. The highest BCUT2D eigenvalue weighted by Crippen LogP contribution is 2.28. The first-order chi connectivity index (χ1) is 7.06. The van der Waals surface area contributed by atoms with Gasteiger partial charge in [0.1, 0.15) is 5.69 Å². The lowest BCUT2D eigenvalue weighted by molar-refractivity contribution is -0.393. The first-order valence-electron chi connectivity index (χ1n) is 3.93. The summed E-state index contributed by atoms with van der Waals surface area (Å²) in [6.07, 6.45) is 0. The van der Waals surface area contributed by atoms with E-state index in [-0.39, 0.29) is 23.7 Å². The minimum Gasteiger partial charge on any atom is -0.367 e. The Morgan fingerprint density at radius 3 is 2.40 bits per heavy atom. The molecule has 0 amide bonds. The zero-order valence-corrected chi connectivity index (χ0v) is 7.54. The van der Waals surface area contributed by atoms with Crippen molar-refractivity contribution in [1.29, 1.82) is 0 Å². The van der Waals surface area contributed by atoms with Crippen LogP contribution in [0.15, 0.2) is 18.2 Å². The Labute approximate surface area is 84.0 Å². The van der Waals surface area contributed by atoms with Gasteiger partial charge in [0.2, 0.25) is 0 Å². The minimum atomic E-state index is -0.703. The largest absolute Gasteiger partial charge is 0.367 e. The molecule has 0 unspecified atom stereocenters. The third-order valence-electron chi connectivity index (χ3n) is 1.68. The van der Waals surface area contributed by atoms with Gasteiger partial charge in [-0.3, -0.25) is 20.2 Å². The van der Waals surface area contributed by atoms with E-state index in [1.807, 2.05) is 0 Å². The lowest BCUT2D eigenvalue weighted by Gasteiger charge is -2.03. The predicted octanol–water partition coefficient (Wildman–Crippen LogP) is 0.831. The smallest absolute Gasteiger partial charge is 0.299 e. The van der Waals surface area contributed by atoms with Crippen LogP contribution in [0.2, 0.25) is 0 Å². The van der Waals surface area contributed by atoms with E-state index < -0.39 is 9.85 Å². The summed E-state index contributed by atoms with van der Waals surface area (Å²) in [7, 11) is 0. The quantitative estimate of drug-likeness (QED) is 0.432. The molecule has 0 aliphatic heterocycles. The third-order valence-corrected chi connectivity index (χ3v) is 1.68. The number of anilines is 1. The minimum absolute atomic E-state index is 0.0126. The Bertz CT molecular complexity index is 406. The number of nitrogens with two attached hydrogens (primary N) is 1. The highest BCUT2D eigenvalue weighted by Gasteiger charge is 2.18. The van der Waals surface area contributed by atoms with E-state index in [4.69, 9.17) is 5.73 Å². The standard InChI is InChI=1S/C7H8N4O4/c8-4-9-6-2-1-5(10(12)13)3-7(6)11(14)15/h1-3,9H,4,8H2. The molecule has 3 N–H and O–H groups in total. The number of hydrogen-bond acceptors (Lipinski definition) is 6. The molecular formula is C7H8N4O4. The summed E-state index contributed by atoms with van der Waals surface area (Å²) in [5.41, 5.74) is 4.62. The van der Waals surface area contributed by atoms with E-state index in [0.29, 0.717) is 0 Å². The molecule has 0 saturated carbocycles. The molecule has 0 aliphatic rings. The molecule has 0 spiro atoms. The van der Waals surface area contributed by atoms with Crippen LogP contribution >= 0.6 is 0 Å². The van der Waals surface area contributed by atoms with Gasteiger partial charge in [0.25, 0.3) is 11.4 Å². The molecule has 1 aromatic carbocycles. The Hall–Kier alpha value is -2.22. The number of nitro benzene ring substituents is 2. The number of nitro groups is 2. The maximum absolute atomic E-state index is 10.6. The van der Waals surface area contributed by atoms with Gasteiger partial charge >= 0.3 is 0 Å². The van der Waals surface area contributed by atoms with Crippen molar-refractivity contribution in [1.82, 2.24) is 0 Å². The average Bonchev–Trinajstić information content (AvgIpc) is 2.18. The summed E-state index contributed by atoms with van der Waals surface area (Å²) in [6, 6.07) is 3.31. The van der Waals surface area contributed by atoms with Gasteiger partial charge in [-0.2, -0.15) is 0 Å². The normalized spacial score (nSPS) is 9.67. The fourth-order valence-corrected chi connectivity index (χ4v) is 1.04. The first kappa shape index (κ1) is 10.9. The van der Waals surface area contributed by atoms with E-state index >= 15 is 0 Å². The maximum Gasteiger partial charge on any atom is 0.299 e. The fourth-order valence-electron chi connectivity index (χ4n) is 1.04. The molecule has 0 atom stereocenters. The van der Waals surface area contributed by atoms with E-state index in [2.05, 4.69) is 5.32 Å². The SMILES string of the molecule is NCNc1ccc([N+](=O)[O-])cc1[N+](=O)[O-]. The van der Waals surface area contributed by atoms with Crippen LogP contribution in [-0.4, -0.2) is 16.5 Å². The van der Waals surface area contributed by atoms with Crippen LogP contribution in [-0.2, 0) is 0 Å². The summed E-state index contributed by atoms with van der Waals surface area (Å²) in [5.74, 6) is 0. The van der Waals surface area contributed by atoms with Crippen LogP contribution in [0.25, 0.3) is 0 Å². The number of nitrogens with zero attached hydrogens (tertiary/aromatic N) is 2. The molecule has 80 valence electrons. The average molecular weight is 212 g/mol. The highest BCUT2D eigenvalue weighted by molar-refractivity contribution is 5.65. The van der Waals surface area contributed by atoms with Gasteiger partial charge in [0.15, 0.2) is 0 Å². The van der Waals surface area contributed by atoms with E-state index in [1.54, 1.807) is 0 Å². The van der Waals surface area contributed by atoms with Crippen LogP contribution in [0, 0.1) is 20.2 Å². The molecule has 0 saturated heterocycles. The summed E-state index contributed by atoms with van der Waals surface area (Å²) < 4.78 is 0. The highest BCUT2D eigenvalue weighted by atomic mass is 16.6. The van der Waals surface area contributed by atoms with Gasteiger partial charge < -0.3 is 11.1 Å². The number of benzene rings is 1. The Morgan fingerprint density at radius 1 is 1.27 bits per heavy atom.